The van der Waals surface area contributed by atoms with Crippen LogP contribution < -0.4 is 0 Å². The first-order valence-electron chi connectivity index (χ1n) is 6.66. The van der Waals surface area contributed by atoms with Crippen LogP contribution in [0.2, 0.25) is 0 Å². The zero-order valence-corrected chi connectivity index (χ0v) is 11.1. The molecule has 2 fully saturated rings. The summed E-state index contributed by atoms with van der Waals surface area (Å²) < 4.78 is 6.02. The second kappa shape index (κ2) is 4.16. The Morgan fingerprint density at radius 3 is 2.94 bits per heavy atom. The van der Waals surface area contributed by atoms with Crippen LogP contribution in [0.15, 0.2) is 18.3 Å². The van der Waals surface area contributed by atoms with Gasteiger partial charge in [-0.25, -0.2) is 0 Å². The summed E-state index contributed by atoms with van der Waals surface area (Å²) in [6.07, 6.45) is 3.23. The number of carbonyl (C=O) groups excluding carboxylic acids is 1. The summed E-state index contributed by atoms with van der Waals surface area (Å²) in [6, 6.07) is 4.12. The number of nitrogens with zero attached hydrogens (tertiary/aromatic N) is 1. The van der Waals surface area contributed by atoms with Gasteiger partial charge in [0.05, 0.1) is 18.1 Å². The first kappa shape index (κ1) is 11.8. The summed E-state index contributed by atoms with van der Waals surface area (Å²) >= 11 is 0. The van der Waals surface area contributed by atoms with E-state index < -0.39 is 0 Å². The van der Waals surface area contributed by atoms with E-state index in [9.17, 15) is 4.79 Å². The van der Waals surface area contributed by atoms with Crippen molar-refractivity contribution in [1.82, 2.24) is 4.98 Å². The standard InChI is InChI=1S/C15H19NO2/c1-8-6-12-14(11-4-5-16-9(2)7-11)13(10(3)17)15(8)18-12/h4-5,7-8,12-15H,6H2,1-3H3. The molecule has 0 saturated carbocycles. The molecule has 0 amide bonds. The van der Waals surface area contributed by atoms with Gasteiger partial charge in [-0.15, -0.1) is 0 Å². The lowest BCUT2D eigenvalue weighted by Crippen LogP contribution is -2.35. The number of aromatic nitrogens is 1. The lowest BCUT2D eigenvalue weighted by atomic mass is 9.70. The van der Waals surface area contributed by atoms with Gasteiger partial charge in [0, 0.05) is 17.8 Å². The minimum Gasteiger partial charge on any atom is -0.373 e. The monoisotopic (exact) mass is 245 g/mol. The number of pyridine rings is 1. The number of rotatable bonds is 2. The van der Waals surface area contributed by atoms with Crippen molar-refractivity contribution in [3.05, 3.63) is 29.6 Å². The van der Waals surface area contributed by atoms with Crippen LogP contribution in [-0.2, 0) is 9.53 Å². The van der Waals surface area contributed by atoms with Crippen LogP contribution in [0, 0.1) is 18.8 Å². The number of carbonyl (C=O) groups is 1. The molecule has 2 bridgehead atoms. The second-order valence-corrected chi connectivity index (χ2v) is 5.74. The highest BCUT2D eigenvalue weighted by molar-refractivity contribution is 5.81. The van der Waals surface area contributed by atoms with Crippen molar-refractivity contribution < 1.29 is 9.53 Å². The Kier molecular flexibility index (Phi) is 2.74. The zero-order valence-electron chi connectivity index (χ0n) is 11.1. The maximum atomic E-state index is 12.0. The molecule has 0 aliphatic carbocycles. The van der Waals surface area contributed by atoms with Crippen LogP contribution in [0.3, 0.4) is 0 Å². The number of hydrogen-bond donors (Lipinski definition) is 0. The molecule has 3 heteroatoms. The van der Waals surface area contributed by atoms with E-state index in [0.29, 0.717) is 5.92 Å². The smallest absolute Gasteiger partial charge is 0.136 e. The van der Waals surface area contributed by atoms with Gasteiger partial charge in [0.25, 0.3) is 0 Å². The first-order valence-corrected chi connectivity index (χ1v) is 6.66. The van der Waals surface area contributed by atoms with Crippen molar-refractivity contribution in [2.45, 2.75) is 45.3 Å². The molecule has 2 aliphatic rings. The Morgan fingerprint density at radius 2 is 2.28 bits per heavy atom. The SMILES string of the molecule is CC(=O)C1C2OC(CC2C)C1c1ccnc(C)c1. The second-order valence-electron chi connectivity index (χ2n) is 5.74. The topological polar surface area (TPSA) is 39.2 Å². The third-order valence-corrected chi connectivity index (χ3v) is 4.41. The van der Waals surface area contributed by atoms with Crippen LogP contribution in [0.25, 0.3) is 0 Å². The van der Waals surface area contributed by atoms with Gasteiger partial charge in [-0.3, -0.25) is 9.78 Å². The van der Waals surface area contributed by atoms with E-state index in [2.05, 4.69) is 18.0 Å². The Bertz CT molecular complexity index is 485. The molecule has 2 saturated heterocycles. The number of fused-ring (bicyclic) bond motifs is 2. The molecular weight excluding hydrogens is 226 g/mol. The third-order valence-electron chi connectivity index (χ3n) is 4.41. The lowest BCUT2D eigenvalue weighted by molar-refractivity contribution is -0.123. The molecule has 1 aromatic rings. The van der Waals surface area contributed by atoms with E-state index in [4.69, 9.17) is 4.74 Å². The molecule has 1 aromatic heterocycles. The maximum Gasteiger partial charge on any atom is 0.136 e. The van der Waals surface area contributed by atoms with E-state index >= 15 is 0 Å². The van der Waals surface area contributed by atoms with E-state index in [1.807, 2.05) is 19.2 Å². The van der Waals surface area contributed by atoms with Gasteiger partial charge >= 0.3 is 0 Å². The summed E-state index contributed by atoms with van der Waals surface area (Å²) in [5, 5.41) is 0. The molecule has 0 radical (unpaired) electrons. The fraction of sp³-hybridized carbons (Fsp3) is 0.600. The van der Waals surface area contributed by atoms with E-state index in [-0.39, 0.29) is 29.8 Å². The summed E-state index contributed by atoms with van der Waals surface area (Å²) in [5.41, 5.74) is 2.22. The Hall–Kier alpha value is -1.22. The lowest BCUT2D eigenvalue weighted by Gasteiger charge is -2.29. The Balaban J connectivity index is 1.98. The molecule has 3 rings (SSSR count). The molecular formula is C15H19NO2. The first-order chi connectivity index (χ1) is 8.58. The van der Waals surface area contributed by atoms with E-state index in [0.717, 1.165) is 12.1 Å². The van der Waals surface area contributed by atoms with Gasteiger partial charge in [-0.1, -0.05) is 6.92 Å². The van der Waals surface area contributed by atoms with Crippen LogP contribution in [0.5, 0.6) is 0 Å². The van der Waals surface area contributed by atoms with Crippen LogP contribution >= 0.6 is 0 Å². The van der Waals surface area contributed by atoms with Gasteiger partial charge < -0.3 is 4.74 Å². The molecule has 2 aliphatic heterocycles. The minimum absolute atomic E-state index is 0.0283. The van der Waals surface area contributed by atoms with Crippen molar-refractivity contribution in [3.8, 4) is 0 Å². The molecule has 18 heavy (non-hydrogen) atoms. The van der Waals surface area contributed by atoms with E-state index in [1.165, 1.54) is 5.56 Å². The highest BCUT2D eigenvalue weighted by atomic mass is 16.5. The summed E-state index contributed by atoms with van der Waals surface area (Å²) in [5.74, 6) is 1.02. The van der Waals surface area contributed by atoms with Crippen LogP contribution in [-0.4, -0.2) is 23.0 Å². The molecule has 96 valence electrons. The summed E-state index contributed by atoms with van der Waals surface area (Å²) in [7, 11) is 0. The van der Waals surface area contributed by atoms with Gasteiger partial charge in [0.2, 0.25) is 0 Å². The normalized spacial score (nSPS) is 38.1. The molecule has 3 nitrogen and oxygen atoms in total. The largest absolute Gasteiger partial charge is 0.373 e. The van der Waals surface area contributed by atoms with E-state index in [1.54, 1.807) is 6.92 Å². The van der Waals surface area contributed by atoms with Crippen LogP contribution in [0.1, 0.15) is 37.4 Å². The maximum absolute atomic E-state index is 12.0. The number of ketones is 1. The average molecular weight is 245 g/mol. The molecule has 5 unspecified atom stereocenters. The quantitative estimate of drug-likeness (QED) is 0.803. The van der Waals surface area contributed by atoms with Crippen molar-refractivity contribution in [3.63, 3.8) is 0 Å². The molecule has 0 spiro atoms. The third kappa shape index (κ3) is 1.69. The number of ether oxygens (including phenoxy) is 1. The van der Waals surface area contributed by atoms with Crippen molar-refractivity contribution in [2.24, 2.45) is 11.8 Å². The zero-order chi connectivity index (χ0) is 12.9. The van der Waals surface area contributed by atoms with Gasteiger partial charge in [0.1, 0.15) is 5.78 Å². The minimum atomic E-state index is 0.0283. The predicted octanol–water partition coefficient (Wildman–Crippen LogP) is 2.49. The predicted molar refractivity (Wildman–Crippen MR) is 68.3 cm³/mol. The van der Waals surface area contributed by atoms with Gasteiger partial charge in [-0.2, -0.15) is 0 Å². The molecule has 0 N–H and O–H groups in total. The van der Waals surface area contributed by atoms with Gasteiger partial charge in [0.15, 0.2) is 0 Å². The van der Waals surface area contributed by atoms with Crippen molar-refractivity contribution in [1.29, 1.82) is 0 Å². The van der Waals surface area contributed by atoms with Crippen molar-refractivity contribution in [2.75, 3.05) is 0 Å². The highest BCUT2D eigenvalue weighted by Crippen LogP contribution is 2.51. The molecule has 3 heterocycles. The number of hydrogen-bond acceptors (Lipinski definition) is 3. The van der Waals surface area contributed by atoms with Gasteiger partial charge in [-0.05, 0) is 43.9 Å². The highest BCUT2D eigenvalue weighted by Gasteiger charge is 2.54. The fourth-order valence-corrected chi connectivity index (χ4v) is 3.68. The van der Waals surface area contributed by atoms with Crippen molar-refractivity contribution >= 4 is 5.78 Å². The molecule has 5 atom stereocenters. The average Bonchev–Trinajstić information content (AvgIpc) is 2.84. The Labute approximate surface area is 108 Å². The Morgan fingerprint density at radius 1 is 1.50 bits per heavy atom. The summed E-state index contributed by atoms with van der Waals surface area (Å²) in [4.78, 5) is 16.2. The number of aryl methyl sites for hydroxylation is 1. The molecule has 0 aromatic carbocycles. The van der Waals surface area contributed by atoms with Crippen LogP contribution in [0.4, 0.5) is 0 Å². The number of Topliss-reactive ketones (excluding diaryl/α,β-unsaturated/α-hetero) is 1. The summed E-state index contributed by atoms with van der Waals surface area (Å²) in [6.45, 7) is 5.88. The fourth-order valence-electron chi connectivity index (χ4n) is 3.68.